The number of nitrogens with zero attached hydrogens (tertiary/aromatic N) is 2. The van der Waals surface area contributed by atoms with Crippen molar-refractivity contribution < 1.29 is 14.6 Å². The molecular formula is C13H10N2O5. The molecule has 0 aliphatic carbocycles. The Balaban J connectivity index is 2.22. The van der Waals surface area contributed by atoms with Crippen molar-refractivity contribution in [2.24, 2.45) is 0 Å². The van der Waals surface area contributed by atoms with Crippen LogP contribution in [0.2, 0.25) is 0 Å². The van der Waals surface area contributed by atoms with E-state index in [1.165, 1.54) is 24.3 Å². The summed E-state index contributed by atoms with van der Waals surface area (Å²) in [5.74, 6) is 0.0793. The predicted molar refractivity (Wildman–Crippen MR) is 70.5 cm³/mol. The molecule has 0 saturated carbocycles. The number of para-hydroxylation sites is 3. The van der Waals surface area contributed by atoms with Gasteiger partial charge in [0.1, 0.15) is 6.61 Å². The van der Waals surface area contributed by atoms with E-state index in [1.807, 2.05) is 0 Å². The minimum Gasteiger partial charge on any atom is -0.482 e. The summed E-state index contributed by atoms with van der Waals surface area (Å²) >= 11 is 0. The number of ether oxygens (including phenoxy) is 1. The number of hydrogen-bond donors (Lipinski definition) is 0. The van der Waals surface area contributed by atoms with Gasteiger partial charge in [-0.05, 0) is 12.1 Å². The molecule has 0 N–H and O–H groups in total. The highest BCUT2D eigenvalue weighted by molar-refractivity contribution is 5.46. The topological polar surface area (TPSA) is 95.5 Å². The Hall–Kier alpha value is -2.96. The highest BCUT2D eigenvalue weighted by atomic mass is 16.6. The number of nitro groups is 2. The monoisotopic (exact) mass is 274 g/mol. The first-order valence-electron chi connectivity index (χ1n) is 5.68. The fourth-order valence-electron chi connectivity index (χ4n) is 1.70. The largest absolute Gasteiger partial charge is 0.482 e. The lowest BCUT2D eigenvalue weighted by Gasteiger charge is -2.07. The van der Waals surface area contributed by atoms with Gasteiger partial charge >= 0.3 is 5.69 Å². The molecule has 0 heterocycles. The zero-order chi connectivity index (χ0) is 14.5. The molecule has 0 aliphatic heterocycles. The summed E-state index contributed by atoms with van der Waals surface area (Å²) in [4.78, 5) is 20.6. The van der Waals surface area contributed by atoms with E-state index < -0.39 is 9.85 Å². The molecule has 0 bridgehead atoms. The van der Waals surface area contributed by atoms with Crippen LogP contribution in [0.5, 0.6) is 5.75 Å². The highest BCUT2D eigenvalue weighted by Crippen LogP contribution is 2.28. The molecule has 20 heavy (non-hydrogen) atoms. The fraction of sp³-hybridized carbons (Fsp3) is 0.0769. The summed E-state index contributed by atoms with van der Waals surface area (Å²) in [5, 5.41) is 21.7. The Morgan fingerprint density at radius 3 is 2.05 bits per heavy atom. The Morgan fingerprint density at radius 1 is 0.850 bits per heavy atom. The van der Waals surface area contributed by atoms with Crippen LogP contribution in [0.15, 0.2) is 48.5 Å². The van der Waals surface area contributed by atoms with Crippen molar-refractivity contribution in [3.63, 3.8) is 0 Å². The predicted octanol–water partition coefficient (Wildman–Crippen LogP) is 3.08. The number of nitro benzene ring substituents is 2. The first-order valence-corrected chi connectivity index (χ1v) is 5.68. The first kappa shape index (κ1) is 13.5. The van der Waals surface area contributed by atoms with Crippen LogP contribution >= 0.6 is 0 Å². The first-order chi connectivity index (χ1) is 9.59. The van der Waals surface area contributed by atoms with Crippen molar-refractivity contribution in [1.29, 1.82) is 0 Å². The van der Waals surface area contributed by atoms with E-state index in [0.717, 1.165) is 0 Å². The van der Waals surface area contributed by atoms with Crippen LogP contribution in [0.1, 0.15) is 5.56 Å². The Bertz CT molecular complexity index is 599. The molecule has 0 fully saturated rings. The molecule has 7 heteroatoms. The number of benzene rings is 2. The van der Waals surface area contributed by atoms with Crippen molar-refractivity contribution in [3.8, 4) is 5.75 Å². The second-order valence-corrected chi connectivity index (χ2v) is 3.90. The molecule has 0 spiro atoms. The molecule has 0 radical (unpaired) electrons. The average molecular weight is 274 g/mol. The van der Waals surface area contributed by atoms with Gasteiger partial charge in [0.2, 0.25) is 0 Å². The van der Waals surface area contributed by atoms with Crippen LogP contribution in [0, 0.1) is 20.2 Å². The summed E-state index contributed by atoms with van der Waals surface area (Å²) in [6.07, 6.45) is 0. The van der Waals surface area contributed by atoms with E-state index in [2.05, 4.69) is 0 Å². The molecule has 2 rings (SSSR count). The second kappa shape index (κ2) is 5.79. The van der Waals surface area contributed by atoms with Crippen LogP contribution in [-0.2, 0) is 6.61 Å². The lowest BCUT2D eigenvalue weighted by Crippen LogP contribution is -2.02. The van der Waals surface area contributed by atoms with Gasteiger partial charge in [-0.2, -0.15) is 0 Å². The number of hydrogen-bond acceptors (Lipinski definition) is 5. The molecule has 2 aromatic rings. The van der Waals surface area contributed by atoms with Gasteiger partial charge in [-0.1, -0.05) is 24.3 Å². The van der Waals surface area contributed by atoms with E-state index in [4.69, 9.17) is 4.74 Å². The quantitative estimate of drug-likeness (QED) is 0.616. The minimum absolute atomic E-state index is 0.0777. The average Bonchev–Trinajstić information content (AvgIpc) is 2.45. The van der Waals surface area contributed by atoms with Crippen LogP contribution in [-0.4, -0.2) is 9.85 Å². The maximum Gasteiger partial charge on any atom is 0.310 e. The van der Waals surface area contributed by atoms with Gasteiger partial charge in [-0.15, -0.1) is 0 Å². The van der Waals surface area contributed by atoms with E-state index in [9.17, 15) is 20.2 Å². The van der Waals surface area contributed by atoms with Crippen LogP contribution in [0.3, 0.4) is 0 Å². The summed E-state index contributed by atoms with van der Waals surface area (Å²) in [7, 11) is 0. The summed E-state index contributed by atoms with van der Waals surface area (Å²) in [5.41, 5.74) is 0.104. The van der Waals surface area contributed by atoms with Crippen molar-refractivity contribution in [1.82, 2.24) is 0 Å². The third kappa shape index (κ3) is 2.89. The van der Waals surface area contributed by atoms with Gasteiger partial charge in [-0.25, -0.2) is 0 Å². The highest BCUT2D eigenvalue weighted by Gasteiger charge is 2.16. The van der Waals surface area contributed by atoms with E-state index in [-0.39, 0.29) is 23.7 Å². The van der Waals surface area contributed by atoms with Crippen LogP contribution in [0.4, 0.5) is 11.4 Å². The molecule has 0 amide bonds. The maximum absolute atomic E-state index is 10.9. The molecule has 0 saturated heterocycles. The lowest BCUT2D eigenvalue weighted by atomic mass is 10.2. The summed E-state index contributed by atoms with van der Waals surface area (Å²) in [6, 6.07) is 12.0. The van der Waals surface area contributed by atoms with E-state index in [1.54, 1.807) is 24.3 Å². The smallest absolute Gasteiger partial charge is 0.310 e. The Kier molecular flexibility index (Phi) is 3.90. The fourth-order valence-corrected chi connectivity index (χ4v) is 1.70. The van der Waals surface area contributed by atoms with Gasteiger partial charge in [-0.3, -0.25) is 20.2 Å². The SMILES string of the molecule is O=[N+]([O-])c1ccccc1COc1ccccc1[N+](=O)[O-]. The van der Waals surface area contributed by atoms with Crippen LogP contribution < -0.4 is 4.74 Å². The number of rotatable bonds is 5. The Labute approximate surface area is 113 Å². The third-order valence-electron chi connectivity index (χ3n) is 2.63. The van der Waals surface area contributed by atoms with E-state index in [0.29, 0.717) is 5.56 Å². The van der Waals surface area contributed by atoms with Crippen molar-refractivity contribution in [3.05, 3.63) is 74.3 Å². The molecule has 0 atom stereocenters. The van der Waals surface area contributed by atoms with Crippen molar-refractivity contribution >= 4 is 11.4 Å². The van der Waals surface area contributed by atoms with Gasteiger partial charge in [0.25, 0.3) is 5.69 Å². The lowest BCUT2D eigenvalue weighted by molar-refractivity contribution is -0.386. The van der Waals surface area contributed by atoms with Crippen molar-refractivity contribution in [2.45, 2.75) is 6.61 Å². The summed E-state index contributed by atoms with van der Waals surface area (Å²) in [6.45, 7) is -0.109. The van der Waals surface area contributed by atoms with Crippen LogP contribution in [0.25, 0.3) is 0 Å². The molecule has 102 valence electrons. The van der Waals surface area contributed by atoms with E-state index >= 15 is 0 Å². The minimum atomic E-state index is -0.561. The Morgan fingerprint density at radius 2 is 1.40 bits per heavy atom. The molecule has 0 aromatic heterocycles. The maximum atomic E-state index is 10.9. The normalized spacial score (nSPS) is 10.0. The second-order valence-electron chi connectivity index (χ2n) is 3.90. The van der Waals surface area contributed by atoms with Gasteiger partial charge in [0, 0.05) is 12.1 Å². The van der Waals surface area contributed by atoms with Gasteiger partial charge < -0.3 is 4.74 Å². The zero-order valence-corrected chi connectivity index (χ0v) is 10.3. The summed E-state index contributed by atoms with van der Waals surface area (Å²) < 4.78 is 5.33. The van der Waals surface area contributed by atoms with Gasteiger partial charge in [0.15, 0.2) is 5.75 Å². The molecule has 2 aromatic carbocycles. The molecule has 7 nitrogen and oxygen atoms in total. The molecule has 0 aliphatic rings. The zero-order valence-electron chi connectivity index (χ0n) is 10.3. The molecule has 0 unspecified atom stereocenters. The van der Waals surface area contributed by atoms with Crippen molar-refractivity contribution in [2.75, 3.05) is 0 Å². The standard InChI is InChI=1S/C13H10N2O5/c16-14(17)11-6-2-1-5-10(11)9-20-13-8-4-3-7-12(13)15(18)19/h1-8H,9H2. The third-order valence-corrected chi connectivity index (χ3v) is 2.63. The molecular weight excluding hydrogens is 264 g/mol. The van der Waals surface area contributed by atoms with Gasteiger partial charge in [0.05, 0.1) is 15.4 Å².